The monoisotopic (exact) mass is 410 g/mol. The quantitative estimate of drug-likeness (QED) is 0.664. The van der Waals surface area contributed by atoms with Crippen molar-refractivity contribution in [1.29, 1.82) is 0 Å². The molecule has 3 heterocycles. The average Bonchev–Trinajstić information content (AvgIpc) is 3.02. The highest BCUT2D eigenvalue weighted by Crippen LogP contribution is 2.38. The zero-order chi connectivity index (χ0) is 20.7. The Morgan fingerprint density at radius 3 is 2.66 bits per heavy atom. The van der Waals surface area contributed by atoms with Crippen LogP contribution in [-0.2, 0) is 22.5 Å². The Balaban J connectivity index is 1.90. The number of esters is 1. The average molecular weight is 410 g/mol. The summed E-state index contributed by atoms with van der Waals surface area (Å²) in [6.45, 7) is 6.26. The van der Waals surface area contributed by atoms with Crippen molar-refractivity contribution >= 4 is 39.2 Å². The molecule has 29 heavy (non-hydrogen) atoms. The normalized spacial score (nSPS) is 16.0. The van der Waals surface area contributed by atoms with Gasteiger partial charge in [-0.05, 0) is 37.5 Å². The largest absolute Gasteiger partial charge is 0.462 e. The zero-order valence-corrected chi connectivity index (χ0v) is 17.4. The maximum atomic E-state index is 12.4. The maximum Gasteiger partial charge on any atom is 0.348 e. The van der Waals surface area contributed by atoms with Crippen molar-refractivity contribution in [3.63, 3.8) is 0 Å². The van der Waals surface area contributed by atoms with Gasteiger partial charge in [0.05, 0.1) is 12.0 Å². The van der Waals surface area contributed by atoms with Crippen LogP contribution in [0.2, 0.25) is 0 Å². The lowest BCUT2D eigenvalue weighted by Crippen LogP contribution is -2.49. The Morgan fingerprint density at radius 1 is 1.24 bits per heavy atom. The molecule has 2 N–H and O–H groups in total. The summed E-state index contributed by atoms with van der Waals surface area (Å²) in [5, 5.41) is 0.772. The van der Waals surface area contributed by atoms with E-state index in [1.54, 1.807) is 13.8 Å². The number of rotatable bonds is 4. The Labute approximate surface area is 172 Å². The first kappa shape index (κ1) is 19.3. The summed E-state index contributed by atoms with van der Waals surface area (Å²) in [7, 11) is 0. The van der Waals surface area contributed by atoms with E-state index in [4.69, 9.17) is 10.5 Å². The van der Waals surface area contributed by atoms with E-state index < -0.39 is 11.9 Å². The Kier molecular flexibility index (Phi) is 4.96. The molecule has 0 fully saturated rings. The van der Waals surface area contributed by atoms with Crippen LogP contribution in [0.25, 0.3) is 10.2 Å². The van der Waals surface area contributed by atoms with Gasteiger partial charge in [0, 0.05) is 13.0 Å². The van der Waals surface area contributed by atoms with Crippen molar-refractivity contribution in [3.8, 4) is 0 Å². The van der Waals surface area contributed by atoms with Crippen LogP contribution in [-0.4, -0.2) is 34.5 Å². The Morgan fingerprint density at radius 2 is 1.97 bits per heavy atom. The predicted octanol–water partition coefficient (Wildman–Crippen LogP) is 2.90. The molecule has 2 aromatic heterocycles. The number of primary amides is 1. The molecule has 1 aliphatic rings. The number of fused-ring (bicyclic) bond motifs is 2. The smallest absolute Gasteiger partial charge is 0.348 e. The molecule has 0 saturated carbocycles. The third kappa shape index (κ3) is 3.33. The molecule has 0 aliphatic carbocycles. The number of aromatic nitrogens is 2. The van der Waals surface area contributed by atoms with Crippen molar-refractivity contribution in [3.05, 3.63) is 51.7 Å². The van der Waals surface area contributed by atoms with Crippen molar-refractivity contribution in [1.82, 2.24) is 9.97 Å². The first-order valence-corrected chi connectivity index (χ1v) is 10.3. The molecule has 4 rings (SSSR count). The van der Waals surface area contributed by atoms with Gasteiger partial charge in [0.2, 0.25) is 5.91 Å². The Hall–Kier alpha value is -3.00. The molecule has 1 aromatic carbocycles. The predicted molar refractivity (Wildman–Crippen MR) is 112 cm³/mol. The van der Waals surface area contributed by atoms with Crippen molar-refractivity contribution in [2.24, 2.45) is 5.73 Å². The molecule has 0 unspecified atom stereocenters. The van der Waals surface area contributed by atoms with Gasteiger partial charge in [-0.3, -0.25) is 4.79 Å². The molecule has 3 aromatic rings. The summed E-state index contributed by atoms with van der Waals surface area (Å²) < 4.78 is 5.20. The van der Waals surface area contributed by atoms with Gasteiger partial charge in [0.1, 0.15) is 27.4 Å². The van der Waals surface area contributed by atoms with E-state index in [2.05, 4.69) is 16.0 Å². The number of carbonyl (C=O) groups excluding carboxylic acids is 2. The number of nitrogens with two attached hydrogens (primary N) is 1. The lowest BCUT2D eigenvalue weighted by atomic mass is 9.93. The number of hydrogen-bond acceptors (Lipinski definition) is 7. The second-order valence-corrected chi connectivity index (χ2v) is 8.07. The van der Waals surface area contributed by atoms with Gasteiger partial charge in [0.15, 0.2) is 0 Å². The number of amides is 1. The van der Waals surface area contributed by atoms with Crippen molar-refractivity contribution in [2.75, 3.05) is 11.5 Å². The zero-order valence-electron chi connectivity index (χ0n) is 16.6. The number of thiophene rings is 1. The van der Waals surface area contributed by atoms with Crippen LogP contribution in [0.1, 0.15) is 39.1 Å². The molecule has 1 aliphatic heterocycles. The molecule has 0 radical (unpaired) electrons. The molecule has 1 atom stereocenters. The maximum absolute atomic E-state index is 12.4. The SMILES string of the molecule is CCOC(=O)c1sc2nc(C)nc(N3Cc4ccccc4C[C@@H]3C(N)=O)c2c1C. The minimum atomic E-state index is -0.521. The summed E-state index contributed by atoms with van der Waals surface area (Å²) in [6, 6.07) is 7.51. The first-order valence-electron chi connectivity index (χ1n) is 9.48. The van der Waals surface area contributed by atoms with E-state index in [0.29, 0.717) is 40.9 Å². The van der Waals surface area contributed by atoms with Gasteiger partial charge in [-0.25, -0.2) is 14.8 Å². The minimum Gasteiger partial charge on any atom is -0.462 e. The molecule has 150 valence electrons. The fourth-order valence-electron chi connectivity index (χ4n) is 3.82. The van der Waals surface area contributed by atoms with E-state index in [1.165, 1.54) is 11.3 Å². The molecule has 8 heteroatoms. The van der Waals surface area contributed by atoms with Crippen LogP contribution < -0.4 is 10.6 Å². The summed E-state index contributed by atoms with van der Waals surface area (Å²) in [5.41, 5.74) is 8.78. The molecule has 1 amide bonds. The van der Waals surface area contributed by atoms with E-state index in [-0.39, 0.29) is 5.97 Å². The summed E-state index contributed by atoms with van der Waals surface area (Å²) >= 11 is 1.29. The van der Waals surface area contributed by atoms with Gasteiger partial charge in [0.25, 0.3) is 0 Å². The molecular weight excluding hydrogens is 388 g/mol. The van der Waals surface area contributed by atoms with Crippen LogP contribution in [0.15, 0.2) is 24.3 Å². The van der Waals surface area contributed by atoms with E-state index in [0.717, 1.165) is 22.1 Å². The molecule has 0 spiro atoms. The third-order valence-corrected chi connectivity index (χ3v) is 6.36. The van der Waals surface area contributed by atoms with E-state index >= 15 is 0 Å². The number of aryl methyl sites for hydroxylation is 2. The lowest BCUT2D eigenvalue weighted by Gasteiger charge is -2.36. The van der Waals surface area contributed by atoms with E-state index in [1.807, 2.05) is 30.0 Å². The number of hydrogen-bond donors (Lipinski definition) is 1. The van der Waals surface area contributed by atoms with Crippen LogP contribution in [0.4, 0.5) is 5.82 Å². The highest BCUT2D eigenvalue weighted by molar-refractivity contribution is 7.20. The van der Waals surface area contributed by atoms with Gasteiger partial charge < -0.3 is 15.4 Å². The highest BCUT2D eigenvalue weighted by atomic mass is 32.1. The summed E-state index contributed by atoms with van der Waals surface area (Å²) in [6.07, 6.45) is 0.518. The Bertz CT molecular complexity index is 1120. The van der Waals surface area contributed by atoms with Crippen LogP contribution in [0.3, 0.4) is 0 Å². The fourth-order valence-corrected chi connectivity index (χ4v) is 4.94. The number of nitrogens with zero attached hydrogens (tertiary/aromatic N) is 3. The van der Waals surface area contributed by atoms with Crippen molar-refractivity contribution < 1.29 is 14.3 Å². The molecule has 7 nitrogen and oxygen atoms in total. The summed E-state index contributed by atoms with van der Waals surface area (Å²) in [4.78, 5) is 37.1. The highest BCUT2D eigenvalue weighted by Gasteiger charge is 2.33. The van der Waals surface area contributed by atoms with Crippen molar-refractivity contribution in [2.45, 2.75) is 39.8 Å². The third-order valence-electron chi connectivity index (χ3n) is 5.19. The van der Waals surface area contributed by atoms with Crippen LogP contribution in [0, 0.1) is 13.8 Å². The topological polar surface area (TPSA) is 98.4 Å². The number of carbonyl (C=O) groups is 2. The molecular formula is C21H22N4O3S. The summed E-state index contributed by atoms with van der Waals surface area (Å²) in [5.74, 6) is 0.441. The van der Waals surface area contributed by atoms with Gasteiger partial charge in [-0.2, -0.15) is 0 Å². The van der Waals surface area contributed by atoms with Gasteiger partial charge in [-0.1, -0.05) is 24.3 Å². The first-order chi connectivity index (χ1) is 13.9. The van der Waals surface area contributed by atoms with E-state index in [9.17, 15) is 9.59 Å². The number of ether oxygens (including phenoxy) is 1. The molecule has 0 bridgehead atoms. The standard InChI is InChI=1S/C21H22N4O3S/c1-4-28-21(27)17-11(2)16-19(23-12(3)24-20(16)29-17)25-10-14-8-6-5-7-13(14)9-15(25)18(22)26/h5-8,15H,4,9-10H2,1-3H3,(H2,22,26)/t15-/m1/s1. The van der Waals surface area contributed by atoms with Crippen LogP contribution >= 0.6 is 11.3 Å². The molecule has 0 saturated heterocycles. The van der Waals surface area contributed by atoms with Crippen LogP contribution in [0.5, 0.6) is 0 Å². The second kappa shape index (κ2) is 7.44. The van der Waals surface area contributed by atoms with Gasteiger partial charge >= 0.3 is 5.97 Å². The second-order valence-electron chi connectivity index (χ2n) is 7.07. The number of benzene rings is 1. The number of anilines is 1. The van der Waals surface area contributed by atoms with Gasteiger partial charge in [-0.15, -0.1) is 11.3 Å². The minimum absolute atomic E-state index is 0.302. The lowest BCUT2D eigenvalue weighted by molar-refractivity contribution is -0.119. The fraction of sp³-hybridized carbons (Fsp3) is 0.333.